The molecule has 0 saturated heterocycles. The van der Waals surface area contributed by atoms with E-state index >= 15 is 0 Å². The molecule has 0 unspecified atom stereocenters. The van der Waals surface area contributed by atoms with Gasteiger partial charge in [0.15, 0.2) is 0 Å². The first kappa shape index (κ1) is 13.8. The van der Waals surface area contributed by atoms with Crippen LogP contribution < -0.4 is 5.32 Å². The van der Waals surface area contributed by atoms with Crippen LogP contribution in [-0.4, -0.2) is 19.5 Å². The molecule has 0 bridgehead atoms. The summed E-state index contributed by atoms with van der Waals surface area (Å²) < 4.78 is 2.92. The summed E-state index contributed by atoms with van der Waals surface area (Å²) in [5.41, 5.74) is 1.94. The zero-order valence-electron chi connectivity index (χ0n) is 11.5. The molecule has 0 atom stereocenters. The molecule has 1 N–H and O–H groups in total. The molecule has 0 radical (unpaired) electrons. The average Bonchev–Trinajstić information content (AvgIpc) is 2.93. The van der Waals surface area contributed by atoms with Crippen LogP contribution in [0.1, 0.15) is 11.5 Å². The Labute approximate surface area is 131 Å². The summed E-state index contributed by atoms with van der Waals surface area (Å²) in [4.78, 5) is 13.0. The van der Waals surface area contributed by atoms with Crippen LogP contribution in [0, 0.1) is 6.92 Å². The van der Waals surface area contributed by atoms with Crippen molar-refractivity contribution in [2.45, 2.75) is 13.5 Å². The summed E-state index contributed by atoms with van der Waals surface area (Å²) in [5, 5.41) is 3.30. The Balaban J connectivity index is 1.67. The lowest BCUT2D eigenvalue weighted by molar-refractivity contribution is 0.931. The highest BCUT2D eigenvalue weighted by Crippen LogP contribution is 2.13. The fourth-order valence-electron chi connectivity index (χ4n) is 1.96. The number of anilines is 1. The first-order valence-electron chi connectivity index (χ1n) is 6.53. The lowest BCUT2D eigenvalue weighted by Crippen LogP contribution is -2.03. The van der Waals surface area contributed by atoms with Gasteiger partial charge in [-0.25, -0.2) is 9.97 Å². The number of nitrogens with one attached hydrogen (secondary N) is 1. The van der Waals surface area contributed by atoms with Crippen LogP contribution in [0.2, 0.25) is 0 Å². The number of halogens is 1. The Bertz CT molecular complexity index is 719. The molecular formula is C15H14BrN5. The SMILES string of the molecule is Cc1nccn1-c1ccc(NCc2ccc(Br)cn2)cn1. The minimum atomic E-state index is 0.665. The third kappa shape index (κ3) is 3.28. The van der Waals surface area contributed by atoms with Crippen LogP contribution in [0.15, 0.2) is 53.5 Å². The predicted molar refractivity (Wildman–Crippen MR) is 85.4 cm³/mol. The molecule has 0 spiro atoms. The second-order valence-electron chi connectivity index (χ2n) is 4.57. The van der Waals surface area contributed by atoms with Crippen molar-refractivity contribution in [3.8, 4) is 5.82 Å². The number of imidazole rings is 1. The molecular weight excluding hydrogens is 330 g/mol. The van der Waals surface area contributed by atoms with Crippen molar-refractivity contribution in [2.75, 3.05) is 5.32 Å². The van der Waals surface area contributed by atoms with E-state index < -0.39 is 0 Å². The molecule has 0 amide bonds. The van der Waals surface area contributed by atoms with E-state index in [1.54, 1.807) is 12.4 Å². The molecule has 0 aliphatic heterocycles. The predicted octanol–water partition coefficient (Wildman–Crippen LogP) is 3.35. The second kappa shape index (κ2) is 6.05. The van der Waals surface area contributed by atoms with Gasteiger partial charge in [0.1, 0.15) is 11.6 Å². The number of nitrogens with zero attached hydrogens (tertiary/aromatic N) is 4. The third-order valence-electron chi connectivity index (χ3n) is 3.08. The van der Waals surface area contributed by atoms with Gasteiger partial charge in [-0.05, 0) is 47.1 Å². The third-order valence-corrected chi connectivity index (χ3v) is 3.55. The second-order valence-corrected chi connectivity index (χ2v) is 5.49. The molecule has 3 rings (SSSR count). The lowest BCUT2D eigenvalue weighted by atomic mass is 10.3. The van der Waals surface area contributed by atoms with Crippen molar-refractivity contribution in [1.29, 1.82) is 0 Å². The van der Waals surface area contributed by atoms with Gasteiger partial charge in [-0.2, -0.15) is 0 Å². The molecule has 0 saturated carbocycles. The number of aromatic nitrogens is 4. The highest BCUT2D eigenvalue weighted by Gasteiger charge is 2.02. The van der Waals surface area contributed by atoms with Gasteiger partial charge in [0.2, 0.25) is 0 Å². The molecule has 6 heteroatoms. The molecule has 0 aromatic carbocycles. The Morgan fingerprint density at radius 2 is 2.00 bits per heavy atom. The Hall–Kier alpha value is -2.21. The van der Waals surface area contributed by atoms with Gasteiger partial charge >= 0.3 is 0 Å². The first-order chi connectivity index (χ1) is 10.2. The van der Waals surface area contributed by atoms with E-state index in [0.717, 1.165) is 27.5 Å². The fraction of sp³-hybridized carbons (Fsp3) is 0.133. The number of pyridine rings is 2. The molecule has 0 aliphatic carbocycles. The van der Waals surface area contributed by atoms with E-state index in [1.807, 2.05) is 48.1 Å². The molecule has 106 valence electrons. The molecule has 21 heavy (non-hydrogen) atoms. The zero-order chi connectivity index (χ0) is 14.7. The van der Waals surface area contributed by atoms with Crippen LogP contribution in [0.3, 0.4) is 0 Å². The normalized spacial score (nSPS) is 10.6. The number of aryl methyl sites for hydroxylation is 1. The number of rotatable bonds is 4. The van der Waals surface area contributed by atoms with Gasteiger partial charge in [0.25, 0.3) is 0 Å². The van der Waals surface area contributed by atoms with Crippen molar-refractivity contribution in [1.82, 2.24) is 19.5 Å². The zero-order valence-corrected chi connectivity index (χ0v) is 13.1. The van der Waals surface area contributed by atoms with Crippen LogP contribution in [0.5, 0.6) is 0 Å². The van der Waals surface area contributed by atoms with Crippen molar-refractivity contribution < 1.29 is 0 Å². The molecule has 3 aromatic heterocycles. The maximum absolute atomic E-state index is 4.44. The maximum atomic E-state index is 4.44. The van der Waals surface area contributed by atoms with Crippen molar-refractivity contribution in [3.63, 3.8) is 0 Å². The summed E-state index contributed by atoms with van der Waals surface area (Å²) in [6, 6.07) is 7.92. The van der Waals surface area contributed by atoms with Crippen LogP contribution in [0.25, 0.3) is 5.82 Å². The van der Waals surface area contributed by atoms with Gasteiger partial charge in [-0.3, -0.25) is 9.55 Å². The van der Waals surface area contributed by atoms with Crippen LogP contribution >= 0.6 is 15.9 Å². The maximum Gasteiger partial charge on any atom is 0.138 e. The Morgan fingerprint density at radius 1 is 1.10 bits per heavy atom. The number of hydrogen-bond donors (Lipinski definition) is 1. The van der Waals surface area contributed by atoms with Crippen molar-refractivity contribution in [2.24, 2.45) is 0 Å². The van der Waals surface area contributed by atoms with Gasteiger partial charge in [0, 0.05) is 23.1 Å². The van der Waals surface area contributed by atoms with Gasteiger partial charge in [-0.15, -0.1) is 0 Å². The van der Waals surface area contributed by atoms with E-state index in [4.69, 9.17) is 0 Å². The smallest absolute Gasteiger partial charge is 0.138 e. The van der Waals surface area contributed by atoms with Gasteiger partial charge in [-0.1, -0.05) is 0 Å². The first-order valence-corrected chi connectivity index (χ1v) is 7.32. The Morgan fingerprint density at radius 3 is 2.62 bits per heavy atom. The quantitative estimate of drug-likeness (QED) is 0.789. The largest absolute Gasteiger partial charge is 0.378 e. The summed E-state index contributed by atoms with van der Waals surface area (Å²) in [5.74, 6) is 1.78. The van der Waals surface area contributed by atoms with E-state index in [0.29, 0.717) is 6.54 Å². The number of hydrogen-bond acceptors (Lipinski definition) is 4. The summed E-state index contributed by atoms with van der Waals surface area (Å²) in [7, 11) is 0. The average molecular weight is 344 g/mol. The van der Waals surface area contributed by atoms with Crippen molar-refractivity contribution >= 4 is 21.6 Å². The van der Waals surface area contributed by atoms with E-state index in [-0.39, 0.29) is 0 Å². The minimum Gasteiger partial charge on any atom is -0.378 e. The summed E-state index contributed by atoms with van der Waals surface area (Å²) in [6.07, 6.45) is 7.27. The van der Waals surface area contributed by atoms with Crippen LogP contribution in [-0.2, 0) is 6.54 Å². The van der Waals surface area contributed by atoms with E-state index in [9.17, 15) is 0 Å². The fourth-order valence-corrected chi connectivity index (χ4v) is 2.19. The van der Waals surface area contributed by atoms with E-state index in [1.165, 1.54) is 0 Å². The Kier molecular flexibility index (Phi) is 3.96. The minimum absolute atomic E-state index is 0.665. The van der Waals surface area contributed by atoms with E-state index in [2.05, 4.69) is 36.2 Å². The van der Waals surface area contributed by atoms with Gasteiger partial charge < -0.3 is 5.32 Å². The monoisotopic (exact) mass is 343 g/mol. The molecule has 0 fully saturated rings. The summed E-state index contributed by atoms with van der Waals surface area (Å²) in [6.45, 7) is 2.62. The standard InChI is InChI=1S/C15H14BrN5/c1-11-17-6-7-21(11)15-5-4-14(10-20-15)19-9-13-3-2-12(16)8-18-13/h2-8,10,19H,9H2,1H3. The molecule has 5 nitrogen and oxygen atoms in total. The molecule has 0 aliphatic rings. The highest BCUT2D eigenvalue weighted by atomic mass is 79.9. The van der Waals surface area contributed by atoms with Crippen molar-refractivity contribution in [3.05, 3.63) is 65.0 Å². The lowest BCUT2D eigenvalue weighted by Gasteiger charge is -2.08. The van der Waals surface area contributed by atoms with Gasteiger partial charge in [0.05, 0.1) is 24.1 Å². The summed E-state index contributed by atoms with van der Waals surface area (Å²) >= 11 is 3.37. The topological polar surface area (TPSA) is 55.6 Å². The van der Waals surface area contributed by atoms with Crippen LogP contribution in [0.4, 0.5) is 5.69 Å². The highest BCUT2D eigenvalue weighted by molar-refractivity contribution is 9.10. The molecule has 3 heterocycles. The molecule has 3 aromatic rings.